The molecule has 1 aliphatic heterocycles. The van der Waals surface area contributed by atoms with Crippen LogP contribution in [0.3, 0.4) is 0 Å². The summed E-state index contributed by atoms with van der Waals surface area (Å²) in [5.41, 5.74) is 0.878. The second-order valence-electron chi connectivity index (χ2n) is 4.18. The summed E-state index contributed by atoms with van der Waals surface area (Å²) in [5, 5.41) is 11.6. The molecule has 2 rings (SSSR count). The lowest BCUT2D eigenvalue weighted by Gasteiger charge is -2.25. The van der Waals surface area contributed by atoms with Gasteiger partial charge in [-0.05, 0) is 5.56 Å². The summed E-state index contributed by atoms with van der Waals surface area (Å²) < 4.78 is 5.13. The number of benzene rings is 1. The zero-order valence-corrected chi connectivity index (χ0v) is 10.3. The van der Waals surface area contributed by atoms with E-state index in [9.17, 15) is 9.59 Å². The number of hydrogen-bond acceptors (Lipinski definition) is 5. The number of hydrogen-bond donors (Lipinski definition) is 1. The molecule has 0 radical (unpaired) electrons. The number of ether oxygens (including phenoxy) is 1. The summed E-state index contributed by atoms with van der Waals surface area (Å²) in [5.74, 6) is -0.241. The first kappa shape index (κ1) is 13.1. The Morgan fingerprint density at radius 3 is 2.79 bits per heavy atom. The molecule has 0 atom stereocenters. The molecule has 1 aromatic carbocycles. The summed E-state index contributed by atoms with van der Waals surface area (Å²) in [6, 6.07) is 9.31. The number of piperidine rings is 1. The van der Waals surface area contributed by atoms with Gasteiger partial charge in [-0.3, -0.25) is 4.79 Å². The molecular formula is C13H14N2O4. The predicted octanol–water partition coefficient (Wildman–Crippen LogP) is 1.43. The average Bonchev–Trinajstić information content (AvgIpc) is 2.46. The van der Waals surface area contributed by atoms with Crippen LogP contribution in [0.1, 0.15) is 12.0 Å². The van der Waals surface area contributed by atoms with Crippen molar-refractivity contribution < 1.29 is 19.5 Å². The van der Waals surface area contributed by atoms with Gasteiger partial charge < -0.3 is 14.8 Å². The number of nitrogens with zero attached hydrogens (tertiary/aromatic N) is 2. The molecule has 1 aliphatic rings. The number of carbonyl (C=O) groups excluding carboxylic acids is 2. The van der Waals surface area contributed by atoms with Crippen LogP contribution in [-0.4, -0.2) is 40.8 Å². The Labute approximate surface area is 110 Å². The normalized spacial score (nSPS) is 17.6. The molecule has 19 heavy (non-hydrogen) atoms. The highest BCUT2D eigenvalue weighted by Gasteiger charge is 2.27. The van der Waals surface area contributed by atoms with Crippen LogP contribution >= 0.6 is 0 Å². The van der Waals surface area contributed by atoms with Crippen molar-refractivity contribution in [3.05, 3.63) is 35.9 Å². The van der Waals surface area contributed by atoms with Crippen molar-refractivity contribution in [3.63, 3.8) is 0 Å². The van der Waals surface area contributed by atoms with Gasteiger partial charge in [-0.25, -0.2) is 4.79 Å². The maximum Gasteiger partial charge on any atom is 0.410 e. The van der Waals surface area contributed by atoms with Crippen molar-refractivity contribution in [2.45, 2.75) is 13.0 Å². The zero-order chi connectivity index (χ0) is 13.7. The molecule has 1 aromatic rings. The smallest absolute Gasteiger partial charge is 0.410 e. The molecule has 0 spiro atoms. The van der Waals surface area contributed by atoms with E-state index in [1.807, 2.05) is 30.3 Å². The molecule has 0 aromatic heterocycles. The van der Waals surface area contributed by atoms with E-state index >= 15 is 0 Å². The second kappa shape index (κ2) is 5.99. The van der Waals surface area contributed by atoms with Crippen molar-refractivity contribution in [2.24, 2.45) is 5.16 Å². The van der Waals surface area contributed by atoms with Gasteiger partial charge in [-0.2, -0.15) is 0 Å². The van der Waals surface area contributed by atoms with Gasteiger partial charge in [0.2, 0.25) is 0 Å². The highest BCUT2D eigenvalue weighted by Crippen LogP contribution is 2.08. The van der Waals surface area contributed by atoms with Crippen LogP contribution in [0.5, 0.6) is 0 Å². The fraction of sp³-hybridized carbons (Fsp3) is 0.308. The summed E-state index contributed by atoms with van der Waals surface area (Å²) in [6.45, 7) is 0.449. The lowest BCUT2D eigenvalue weighted by molar-refractivity contribution is -0.114. The number of ketones is 1. The first-order valence-electron chi connectivity index (χ1n) is 5.90. The van der Waals surface area contributed by atoms with Crippen LogP contribution in [-0.2, 0) is 16.1 Å². The van der Waals surface area contributed by atoms with Gasteiger partial charge in [-0.15, -0.1) is 0 Å². The van der Waals surface area contributed by atoms with Crippen molar-refractivity contribution in [1.82, 2.24) is 4.90 Å². The number of amides is 1. The molecular weight excluding hydrogens is 248 g/mol. The minimum Gasteiger partial charge on any atom is -0.445 e. The third-order valence-corrected chi connectivity index (χ3v) is 2.86. The first-order chi connectivity index (χ1) is 9.20. The molecule has 1 amide bonds. The lowest BCUT2D eigenvalue weighted by atomic mass is 10.1. The van der Waals surface area contributed by atoms with E-state index in [0.29, 0.717) is 0 Å². The Hall–Kier alpha value is -2.37. The van der Waals surface area contributed by atoms with Crippen molar-refractivity contribution >= 4 is 17.6 Å². The van der Waals surface area contributed by atoms with E-state index in [0.717, 1.165) is 5.56 Å². The molecule has 1 fully saturated rings. The number of likely N-dealkylation sites (tertiary alicyclic amines) is 1. The fourth-order valence-electron chi connectivity index (χ4n) is 1.78. The summed E-state index contributed by atoms with van der Waals surface area (Å²) >= 11 is 0. The van der Waals surface area contributed by atoms with Crippen LogP contribution in [0.4, 0.5) is 4.79 Å². The molecule has 1 saturated heterocycles. The summed E-state index contributed by atoms with van der Waals surface area (Å²) in [7, 11) is 0. The van der Waals surface area contributed by atoms with Gasteiger partial charge in [0.15, 0.2) is 5.78 Å². The van der Waals surface area contributed by atoms with Gasteiger partial charge in [0.25, 0.3) is 0 Å². The standard InChI is InChI=1S/C13H14N2O4/c16-12-6-7-15(8-11(12)14-18)13(17)19-9-10-4-2-1-3-5-10/h1-5,18H,6-9H2/b14-11+. The van der Waals surface area contributed by atoms with E-state index in [4.69, 9.17) is 9.94 Å². The molecule has 0 unspecified atom stereocenters. The third-order valence-electron chi connectivity index (χ3n) is 2.86. The monoisotopic (exact) mass is 262 g/mol. The van der Waals surface area contributed by atoms with Gasteiger partial charge in [0.1, 0.15) is 12.3 Å². The zero-order valence-electron chi connectivity index (χ0n) is 10.3. The van der Waals surface area contributed by atoms with Gasteiger partial charge in [0, 0.05) is 13.0 Å². The number of Topliss-reactive ketones (excluding diaryl/α,β-unsaturated/α-hetero) is 1. The fourth-order valence-corrected chi connectivity index (χ4v) is 1.78. The Morgan fingerprint density at radius 1 is 1.37 bits per heavy atom. The van der Waals surface area contributed by atoms with E-state index in [1.165, 1.54) is 4.90 Å². The van der Waals surface area contributed by atoms with Crippen LogP contribution in [0, 0.1) is 0 Å². The quantitative estimate of drug-likeness (QED) is 0.646. The number of carbonyl (C=O) groups is 2. The molecule has 1 heterocycles. The van der Waals surface area contributed by atoms with E-state index in [2.05, 4.69) is 5.16 Å². The Bertz CT molecular complexity index is 499. The summed E-state index contributed by atoms with van der Waals surface area (Å²) in [6.07, 6.45) is -0.364. The SMILES string of the molecule is O=C1CCN(C(=O)OCc2ccccc2)C/C1=N\O. The number of rotatable bonds is 2. The highest BCUT2D eigenvalue weighted by molar-refractivity contribution is 6.41. The van der Waals surface area contributed by atoms with Gasteiger partial charge in [-0.1, -0.05) is 35.5 Å². The Morgan fingerprint density at radius 2 is 2.11 bits per heavy atom. The minimum absolute atomic E-state index is 0.0110. The van der Waals surface area contributed by atoms with Crippen molar-refractivity contribution in [1.29, 1.82) is 0 Å². The van der Waals surface area contributed by atoms with Crippen LogP contribution in [0.25, 0.3) is 0 Å². The van der Waals surface area contributed by atoms with Crippen LogP contribution < -0.4 is 0 Å². The molecule has 0 saturated carbocycles. The van der Waals surface area contributed by atoms with Crippen LogP contribution in [0.15, 0.2) is 35.5 Å². The van der Waals surface area contributed by atoms with Crippen LogP contribution in [0.2, 0.25) is 0 Å². The maximum absolute atomic E-state index is 11.8. The second-order valence-corrected chi connectivity index (χ2v) is 4.18. The molecule has 6 heteroatoms. The molecule has 0 bridgehead atoms. The predicted molar refractivity (Wildman–Crippen MR) is 67.0 cm³/mol. The topological polar surface area (TPSA) is 79.2 Å². The lowest BCUT2D eigenvalue weighted by Crippen LogP contribution is -2.44. The van der Waals surface area contributed by atoms with E-state index in [-0.39, 0.29) is 37.6 Å². The molecule has 0 aliphatic carbocycles. The largest absolute Gasteiger partial charge is 0.445 e. The van der Waals surface area contributed by atoms with Crippen molar-refractivity contribution in [2.75, 3.05) is 13.1 Å². The molecule has 1 N–H and O–H groups in total. The molecule has 6 nitrogen and oxygen atoms in total. The van der Waals surface area contributed by atoms with Crippen molar-refractivity contribution in [3.8, 4) is 0 Å². The highest BCUT2D eigenvalue weighted by atomic mass is 16.6. The summed E-state index contributed by atoms with van der Waals surface area (Å²) in [4.78, 5) is 24.4. The third kappa shape index (κ3) is 3.31. The number of oxime groups is 1. The minimum atomic E-state index is -0.516. The average molecular weight is 262 g/mol. The Kier molecular flexibility index (Phi) is 4.12. The van der Waals surface area contributed by atoms with Gasteiger partial charge in [0.05, 0.1) is 6.54 Å². The molecule has 100 valence electrons. The van der Waals surface area contributed by atoms with E-state index < -0.39 is 6.09 Å². The van der Waals surface area contributed by atoms with E-state index in [1.54, 1.807) is 0 Å². The Balaban J connectivity index is 1.89. The maximum atomic E-state index is 11.8. The first-order valence-corrected chi connectivity index (χ1v) is 5.90. The van der Waals surface area contributed by atoms with Gasteiger partial charge >= 0.3 is 6.09 Å².